The number of nitrogens with two attached hydrogens (primary N) is 1. The van der Waals surface area contributed by atoms with Gasteiger partial charge in [-0.3, -0.25) is 4.79 Å². The smallest absolute Gasteiger partial charge is 0.282 e. The maximum absolute atomic E-state index is 11.5. The summed E-state index contributed by atoms with van der Waals surface area (Å²) in [5.74, 6) is -0.538. The number of carbonyl (C=O) groups excluding carboxylic acids is 1. The largest absolute Gasteiger partial charge is 0.363 e. The number of carbonyl (C=O) groups is 1. The zero-order valence-electron chi connectivity index (χ0n) is 9.13. The van der Waals surface area contributed by atoms with Crippen molar-refractivity contribution in [2.45, 2.75) is 6.42 Å². The molecule has 4 N–H and O–H groups in total. The Hall–Kier alpha value is -1.26. The molecular formula is C7H13N5O3S2. The first kappa shape index (κ1) is 13.8. The van der Waals surface area contributed by atoms with E-state index in [4.69, 9.17) is 5.14 Å². The molecule has 0 aliphatic heterocycles. The predicted molar refractivity (Wildman–Crippen MR) is 64.4 cm³/mol. The lowest BCUT2D eigenvalue weighted by molar-refractivity contribution is 0.0952. The topological polar surface area (TPSA) is 127 Å². The Bertz CT molecular complexity index is 483. The number of sulfonamides is 1. The number of aromatic nitrogens is 2. The average Bonchev–Trinajstić information content (AvgIpc) is 2.71. The highest BCUT2D eigenvalue weighted by Crippen LogP contribution is 2.13. The van der Waals surface area contributed by atoms with Gasteiger partial charge in [0.2, 0.25) is 20.2 Å². The van der Waals surface area contributed by atoms with Crippen molar-refractivity contribution < 1.29 is 13.2 Å². The summed E-state index contributed by atoms with van der Waals surface area (Å²) in [5, 5.41) is 18.2. The number of amides is 1. The van der Waals surface area contributed by atoms with Crippen LogP contribution in [0.1, 0.15) is 16.2 Å². The highest BCUT2D eigenvalue weighted by Gasteiger charge is 2.11. The van der Waals surface area contributed by atoms with Gasteiger partial charge in [0.05, 0.1) is 5.75 Å². The van der Waals surface area contributed by atoms with Crippen molar-refractivity contribution in [1.29, 1.82) is 0 Å². The molecule has 8 nitrogen and oxygen atoms in total. The van der Waals surface area contributed by atoms with E-state index in [1.54, 1.807) is 7.05 Å². The van der Waals surface area contributed by atoms with E-state index in [0.29, 0.717) is 5.13 Å². The summed E-state index contributed by atoms with van der Waals surface area (Å²) in [7, 11) is -1.80. The summed E-state index contributed by atoms with van der Waals surface area (Å²) < 4.78 is 21.2. The molecule has 0 saturated carbocycles. The molecule has 0 spiro atoms. The minimum absolute atomic E-state index is 0.162. The van der Waals surface area contributed by atoms with E-state index in [1.165, 1.54) is 0 Å². The van der Waals surface area contributed by atoms with Crippen molar-refractivity contribution in [2.24, 2.45) is 5.14 Å². The molecule has 1 aromatic rings. The number of nitrogens with zero attached hydrogens (tertiary/aromatic N) is 2. The normalized spacial score (nSPS) is 11.2. The molecule has 0 bridgehead atoms. The molecule has 1 aromatic heterocycles. The highest BCUT2D eigenvalue weighted by molar-refractivity contribution is 7.89. The van der Waals surface area contributed by atoms with Gasteiger partial charge in [0, 0.05) is 13.6 Å². The number of rotatable bonds is 6. The quantitative estimate of drug-likeness (QED) is 0.572. The Kier molecular flexibility index (Phi) is 4.78. The minimum atomic E-state index is -3.47. The zero-order valence-corrected chi connectivity index (χ0v) is 10.8. The van der Waals surface area contributed by atoms with Crippen LogP contribution in [0.2, 0.25) is 0 Å². The number of hydrogen-bond acceptors (Lipinski definition) is 7. The SMILES string of the molecule is CNc1nnc(C(=O)NCCCS(N)(=O)=O)s1. The van der Waals surface area contributed by atoms with E-state index in [2.05, 4.69) is 20.8 Å². The Morgan fingerprint density at radius 1 is 1.47 bits per heavy atom. The predicted octanol–water partition coefficient (Wildman–Crippen LogP) is -1.01. The molecule has 0 radical (unpaired) electrons. The van der Waals surface area contributed by atoms with Crippen LogP contribution in [0.5, 0.6) is 0 Å². The molecule has 0 unspecified atom stereocenters. The van der Waals surface area contributed by atoms with E-state index in [0.717, 1.165) is 11.3 Å². The first-order valence-corrected chi connectivity index (χ1v) is 7.25. The van der Waals surface area contributed by atoms with Gasteiger partial charge >= 0.3 is 0 Å². The molecule has 10 heteroatoms. The molecule has 0 aliphatic rings. The third-order valence-electron chi connectivity index (χ3n) is 1.72. The van der Waals surface area contributed by atoms with Crippen LogP contribution >= 0.6 is 11.3 Å². The maximum atomic E-state index is 11.5. The second-order valence-electron chi connectivity index (χ2n) is 3.14. The third kappa shape index (κ3) is 5.06. The lowest BCUT2D eigenvalue weighted by Gasteiger charge is -2.01. The molecule has 0 saturated heterocycles. The van der Waals surface area contributed by atoms with E-state index in [9.17, 15) is 13.2 Å². The Morgan fingerprint density at radius 2 is 2.18 bits per heavy atom. The van der Waals surface area contributed by atoms with Crippen molar-refractivity contribution in [1.82, 2.24) is 15.5 Å². The van der Waals surface area contributed by atoms with Crippen molar-refractivity contribution in [3.63, 3.8) is 0 Å². The van der Waals surface area contributed by atoms with Gasteiger partial charge in [0.25, 0.3) is 5.91 Å². The fraction of sp³-hybridized carbons (Fsp3) is 0.571. The minimum Gasteiger partial charge on any atom is -0.363 e. The standard InChI is InChI=1S/C7H13N5O3S2/c1-9-7-12-11-6(16-7)5(13)10-3-2-4-17(8,14)15/h2-4H2,1H3,(H,9,12)(H,10,13)(H2,8,14,15). The third-order valence-corrected chi connectivity index (χ3v) is 3.52. The van der Waals surface area contributed by atoms with Crippen LogP contribution in [0.4, 0.5) is 5.13 Å². The maximum Gasteiger partial charge on any atom is 0.282 e. The number of hydrogen-bond donors (Lipinski definition) is 3. The van der Waals surface area contributed by atoms with E-state index in [1.807, 2.05) is 0 Å². The lowest BCUT2D eigenvalue weighted by atomic mass is 10.4. The van der Waals surface area contributed by atoms with Crippen LogP contribution in [-0.2, 0) is 10.0 Å². The summed E-state index contributed by atoms with van der Waals surface area (Å²) in [6.45, 7) is 0.226. The molecule has 0 aliphatic carbocycles. The molecule has 1 amide bonds. The highest BCUT2D eigenvalue weighted by atomic mass is 32.2. The van der Waals surface area contributed by atoms with Crippen molar-refractivity contribution >= 4 is 32.4 Å². The van der Waals surface area contributed by atoms with Crippen LogP contribution < -0.4 is 15.8 Å². The summed E-state index contributed by atoms with van der Waals surface area (Å²) in [6, 6.07) is 0. The first-order valence-electron chi connectivity index (χ1n) is 4.72. The van der Waals surface area contributed by atoms with E-state index in [-0.39, 0.29) is 29.6 Å². The molecule has 1 rings (SSSR count). The van der Waals surface area contributed by atoms with Crippen LogP contribution in [0.15, 0.2) is 0 Å². The Morgan fingerprint density at radius 3 is 2.71 bits per heavy atom. The van der Waals surface area contributed by atoms with Crippen LogP contribution in [0.25, 0.3) is 0 Å². The molecule has 17 heavy (non-hydrogen) atoms. The molecule has 0 atom stereocenters. The zero-order chi connectivity index (χ0) is 12.9. The van der Waals surface area contributed by atoms with Gasteiger partial charge in [0.15, 0.2) is 0 Å². The monoisotopic (exact) mass is 279 g/mol. The van der Waals surface area contributed by atoms with Gasteiger partial charge in [-0.15, -0.1) is 10.2 Å². The Labute approximate surface area is 103 Å². The fourth-order valence-corrected chi connectivity index (χ4v) is 2.13. The van der Waals surface area contributed by atoms with E-state index < -0.39 is 10.0 Å². The fourth-order valence-electron chi connectivity index (χ4n) is 0.967. The molecule has 96 valence electrons. The van der Waals surface area contributed by atoms with Crippen molar-refractivity contribution in [3.8, 4) is 0 Å². The van der Waals surface area contributed by atoms with E-state index >= 15 is 0 Å². The van der Waals surface area contributed by atoms with Gasteiger partial charge in [-0.1, -0.05) is 11.3 Å². The number of anilines is 1. The van der Waals surface area contributed by atoms with Crippen molar-refractivity contribution in [3.05, 3.63) is 5.01 Å². The summed E-state index contributed by atoms with van der Waals surface area (Å²) in [4.78, 5) is 11.5. The average molecular weight is 279 g/mol. The van der Waals surface area contributed by atoms with Gasteiger partial charge in [-0.05, 0) is 6.42 Å². The van der Waals surface area contributed by atoms with Crippen molar-refractivity contribution in [2.75, 3.05) is 24.7 Å². The Balaban J connectivity index is 2.35. The second-order valence-corrected chi connectivity index (χ2v) is 5.85. The summed E-state index contributed by atoms with van der Waals surface area (Å²) >= 11 is 1.12. The number of nitrogens with one attached hydrogen (secondary N) is 2. The number of primary sulfonamides is 1. The van der Waals surface area contributed by atoms with Gasteiger partial charge in [-0.25, -0.2) is 13.6 Å². The lowest BCUT2D eigenvalue weighted by Crippen LogP contribution is -2.27. The molecule has 0 fully saturated rings. The molecule has 0 aromatic carbocycles. The van der Waals surface area contributed by atoms with Crippen LogP contribution in [-0.4, -0.2) is 43.9 Å². The van der Waals surface area contributed by atoms with Gasteiger partial charge in [-0.2, -0.15) is 0 Å². The summed E-state index contributed by atoms with van der Waals surface area (Å²) in [5.41, 5.74) is 0. The summed E-state index contributed by atoms with van der Waals surface area (Å²) in [6.07, 6.45) is 0.266. The molecular weight excluding hydrogens is 266 g/mol. The first-order chi connectivity index (χ1) is 7.92. The van der Waals surface area contributed by atoms with Gasteiger partial charge < -0.3 is 10.6 Å². The van der Waals surface area contributed by atoms with Crippen LogP contribution in [0.3, 0.4) is 0 Å². The molecule has 1 heterocycles. The van der Waals surface area contributed by atoms with Crippen LogP contribution in [0, 0.1) is 0 Å². The van der Waals surface area contributed by atoms with Gasteiger partial charge in [0.1, 0.15) is 0 Å². The second kappa shape index (κ2) is 5.89.